The molecule has 1 saturated heterocycles. The topological polar surface area (TPSA) is 27.8 Å². The first-order valence-electron chi connectivity index (χ1n) is 4.65. The molecule has 74 valence electrons. The summed E-state index contributed by atoms with van der Waals surface area (Å²) in [5.74, 6) is 0. The van der Waals surface area contributed by atoms with E-state index in [1.165, 1.54) is 5.06 Å². The van der Waals surface area contributed by atoms with E-state index in [0.29, 0.717) is 0 Å². The second kappa shape index (κ2) is 2.97. The Balaban J connectivity index is 2.90. The van der Waals surface area contributed by atoms with E-state index in [0.717, 1.165) is 12.8 Å². The zero-order chi connectivity index (χ0) is 10.3. The van der Waals surface area contributed by atoms with E-state index in [1.54, 1.807) is 0 Å². The summed E-state index contributed by atoms with van der Waals surface area (Å²) in [6.07, 6.45) is 1.49. The summed E-state index contributed by atoms with van der Waals surface area (Å²) in [5.41, 5.74) is -0.562. The zero-order valence-electron chi connectivity index (χ0n) is 8.83. The van der Waals surface area contributed by atoms with E-state index < -0.39 is 0 Å². The van der Waals surface area contributed by atoms with E-state index >= 15 is 0 Å². The van der Waals surface area contributed by atoms with Gasteiger partial charge < -0.3 is 10.1 Å². The van der Waals surface area contributed by atoms with Gasteiger partial charge in [0.2, 0.25) is 6.04 Å². The minimum Gasteiger partial charge on any atom is -0.314 e. The van der Waals surface area contributed by atoms with Crippen molar-refractivity contribution in [1.82, 2.24) is 5.06 Å². The Morgan fingerprint density at radius 2 is 1.62 bits per heavy atom. The highest BCUT2D eigenvalue weighted by atomic mass is 16.5. The van der Waals surface area contributed by atoms with Crippen molar-refractivity contribution in [2.75, 3.05) is 0 Å². The van der Waals surface area contributed by atoms with Gasteiger partial charge in [-0.15, -0.1) is 0 Å². The van der Waals surface area contributed by atoms with Crippen LogP contribution in [0.25, 0.3) is 4.85 Å². The third-order valence-corrected chi connectivity index (χ3v) is 2.80. The van der Waals surface area contributed by atoms with Crippen LogP contribution < -0.4 is 0 Å². The predicted molar refractivity (Wildman–Crippen MR) is 51.4 cm³/mol. The highest BCUT2D eigenvalue weighted by Crippen LogP contribution is 2.37. The summed E-state index contributed by atoms with van der Waals surface area (Å²) in [6.45, 7) is 15.0. The third-order valence-electron chi connectivity index (χ3n) is 2.80. The molecule has 1 aliphatic heterocycles. The maximum atomic E-state index is 9.91. The molecular formula is C10H18N2O. The second-order valence-corrected chi connectivity index (χ2v) is 5.13. The average molecular weight is 182 g/mol. The van der Waals surface area contributed by atoms with Crippen molar-refractivity contribution in [2.45, 2.75) is 57.7 Å². The molecule has 3 heteroatoms. The molecule has 1 fully saturated rings. The van der Waals surface area contributed by atoms with Crippen LogP contribution >= 0.6 is 0 Å². The molecule has 0 unspecified atom stereocenters. The number of hydrogen-bond acceptors (Lipinski definition) is 2. The predicted octanol–water partition coefficient (Wildman–Crippen LogP) is 2.32. The molecule has 0 radical (unpaired) electrons. The van der Waals surface area contributed by atoms with Gasteiger partial charge in [0.1, 0.15) is 0 Å². The molecule has 3 nitrogen and oxygen atoms in total. The van der Waals surface area contributed by atoms with Crippen LogP contribution in [0.1, 0.15) is 40.5 Å². The summed E-state index contributed by atoms with van der Waals surface area (Å²) in [5, 5.41) is 11.3. The molecule has 0 aromatic heterocycles. The Morgan fingerprint density at radius 1 is 1.23 bits per heavy atom. The van der Waals surface area contributed by atoms with Crippen LogP contribution in [0.15, 0.2) is 0 Å². The summed E-state index contributed by atoms with van der Waals surface area (Å²) < 4.78 is 0. The Labute approximate surface area is 80.1 Å². The molecule has 1 rings (SSSR count). The van der Waals surface area contributed by atoms with Crippen molar-refractivity contribution in [3.05, 3.63) is 11.4 Å². The van der Waals surface area contributed by atoms with E-state index in [4.69, 9.17) is 6.57 Å². The van der Waals surface area contributed by atoms with Crippen LogP contribution in [0.2, 0.25) is 0 Å². The quantitative estimate of drug-likeness (QED) is 0.582. The van der Waals surface area contributed by atoms with Gasteiger partial charge in [-0.3, -0.25) is 0 Å². The monoisotopic (exact) mass is 182 g/mol. The van der Waals surface area contributed by atoms with Crippen LogP contribution in [0.3, 0.4) is 0 Å². The van der Waals surface area contributed by atoms with Crippen molar-refractivity contribution >= 4 is 0 Å². The van der Waals surface area contributed by atoms with Crippen molar-refractivity contribution in [1.29, 1.82) is 0 Å². The van der Waals surface area contributed by atoms with Crippen LogP contribution in [0, 0.1) is 6.57 Å². The molecule has 0 aliphatic carbocycles. The lowest BCUT2D eigenvalue weighted by atomic mass is 9.79. The van der Waals surface area contributed by atoms with Crippen LogP contribution in [0.4, 0.5) is 0 Å². The molecule has 0 aromatic carbocycles. The third kappa shape index (κ3) is 1.84. The van der Waals surface area contributed by atoms with Gasteiger partial charge in [-0.2, -0.15) is 5.06 Å². The molecule has 0 aromatic rings. The first-order valence-corrected chi connectivity index (χ1v) is 4.65. The van der Waals surface area contributed by atoms with E-state index in [-0.39, 0.29) is 17.1 Å². The number of rotatable bonds is 0. The lowest BCUT2D eigenvalue weighted by Crippen LogP contribution is -2.59. The molecule has 1 aliphatic rings. The molecule has 0 atom stereocenters. The SMILES string of the molecule is [C-]#[N+]C1CC(C)(C)N(O)C(C)(C)C1. The molecule has 0 saturated carbocycles. The maximum Gasteiger partial charge on any atom is 0.227 e. The standard InChI is InChI=1S/C10H18N2O/c1-9(2)6-8(11-5)7-10(3,4)12(9)13/h8,13H,6-7H2,1-4H3. The summed E-state index contributed by atoms with van der Waals surface area (Å²) >= 11 is 0. The highest BCUT2D eigenvalue weighted by Gasteiger charge is 2.47. The van der Waals surface area contributed by atoms with Crippen LogP contribution in [-0.4, -0.2) is 27.4 Å². The smallest absolute Gasteiger partial charge is 0.227 e. The van der Waals surface area contributed by atoms with Gasteiger partial charge in [0.25, 0.3) is 0 Å². The van der Waals surface area contributed by atoms with E-state index in [1.807, 2.05) is 27.7 Å². The van der Waals surface area contributed by atoms with Crippen molar-refractivity contribution < 1.29 is 5.21 Å². The zero-order valence-corrected chi connectivity index (χ0v) is 8.83. The average Bonchev–Trinajstić information content (AvgIpc) is 1.99. The summed E-state index contributed by atoms with van der Waals surface area (Å²) in [6, 6.07) is 0.0494. The van der Waals surface area contributed by atoms with Crippen molar-refractivity contribution in [3.63, 3.8) is 0 Å². The van der Waals surface area contributed by atoms with Crippen LogP contribution in [-0.2, 0) is 0 Å². The lowest BCUT2D eigenvalue weighted by molar-refractivity contribution is -0.242. The Hall–Kier alpha value is -0.590. The number of piperidine rings is 1. The van der Waals surface area contributed by atoms with Gasteiger partial charge >= 0.3 is 0 Å². The number of hydrogen-bond donors (Lipinski definition) is 1. The molecule has 0 amide bonds. The summed E-state index contributed by atoms with van der Waals surface area (Å²) in [7, 11) is 0. The lowest BCUT2D eigenvalue weighted by Gasteiger charge is -2.48. The molecule has 1 N–H and O–H groups in total. The first kappa shape index (κ1) is 10.5. The van der Waals surface area contributed by atoms with Crippen molar-refractivity contribution in [2.24, 2.45) is 0 Å². The highest BCUT2D eigenvalue weighted by molar-refractivity contribution is 5.02. The van der Waals surface area contributed by atoms with Gasteiger partial charge in [-0.1, -0.05) is 0 Å². The van der Waals surface area contributed by atoms with Gasteiger partial charge in [0.05, 0.1) is 0 Å². The minimum atomic E-state index is -0.281. The van der Waals surface area contributed by atoms with Crippen molar-refractivity contribution in [3.8, 4) is 0 Å². The summed E-state index contributed by atoms with van der Waals surface area (Å²) in [4.78, 5) is 3.59. The minimum absolute atomic E-state index is 0.0494. The van der Waals surface area contributed by atoms with E-state index in [2.05, 4.69) is 4.85 Å². The number of hydroxylamine groups is 2. The Bertz CT molecular complexity index is 222. The molecule has 0 bridgehead atoms. The van der Waals surface area contributed by atoms with Gasteiger partial charge in [-0.05, 0) is 27.7 Å². The molecule has 13 heavy (non-hydrogen) atoms. The fourth-order valence-corrected chi connectivity index (χ4v) is 2.31. The number of nitrogens with zero attached hydrogens (tertiary/aromatic N) is 2. The first-order chi connectivity index (χ1) is 5.79. The van der Waals surface area contributed by atoms with Crippen LogP contribution in [0.5, 0.6) is 0 Å². The normalized spacial score (nSPS) is 28.3. The maximum absolute atomic E-state index is 9.91. The fourth-order valence-electron chi connectivity index (χ4n) is 2.31. The van der Waals surface area contributed by atoms with E-state index in [9.17, 15) is 5.21 Å². The largest absolute Gasteiger partial charge is 0.314 e. The Morgan fingerprint density at radius 3 is 1.92 bits per heavy atom. The van der Waals surface area contributed by atoms with Gasteiger partial charge in [-0.25, -0.2) is 6.57 Å². The van der Waals surface area contributed by atoms with Gasteiger partial charge in [0.15, 0.2) is 0 Å². The second-order valence-electron chi connectivity index (χ2n) is 5.13. The molecule has 1 heterocycles. The molecule has 0 spiro atoms. The Kier molecular flexibility index (Phi) is 2.40. The fraction of sp³-hybridized carbons (Fsp3) is 0.900. The molecular weight excluding hydrogens is 164 g/mol. The van der Waals surface area contributed by atoms with Gasteiger partial charge in [0, 0.05) is 23.9 Å².